The van der Waals surface area contributed by atoms with E-state index in [0.717, 1.165) is 42.9 Å². The van der Waals surface area contributed by atoms with Crippen LogP contribution >= 0.6 is 15.9 Å². The lowest BCUT2D eigenvalue weighted by molar-refractivity contribution is -0.117. The summed E-state index contributed by atoms with van der Waals surface area (Å²) in [5.74, 6) is -0.356. The van der Waals surface area contributed by atoms with Crippen molar-refractivity contribution in [3.05, 3.63) is 46.1 Å². The predicted molar refractivity (Wildman–Crippen MR) is 94.9 cm³/mol. The number of halogens is 1. The summed E-state index contributed by atoms with van der Waals surface area (Å²) in [5, 5.41) is 14.9. The molecule has 1 aromatic rings. The second-order valence-electron chi connectivity index (χ2n) is 5.35. The number of benzene rings is 1. The summed E-state index contributed by atoms with van der Waals surface area (Å²) in [7, 11) is 0. The maximum absolute atomic E-state index is 12.0. The number of carbonyl (C=O) groups excluding carboxylic acids is 1. The monoisotopic (exact) mass is 392 g/mol. The molecule has 0 spiro atoms. The number of morpholine rings is 1. The zero-order chi connectivity index (χ0) is 17.2. The third-order valence-electron chi connectivity index (χ3n) is 3.68. The number of hydrogen-bond donors (Lipinski definition) is 2. The number of hydrogen-bond acceptors (Lipinski definition) is 5. The zero-order valence-electron chi connectivity index (χ0n) is 13.4. The minimum atomic E-state index is -0.356. The maximum Gasteiger partial charge on any atom is 0.263 e. The number of carbonyl (C=O) groups is 1. The van der Waals surface area contributed by atoms with E-state index in [0.29, 0.717) is 13.1 Å². The first kappa shape index (κ1) is 18.5. The predicted octanol–water partition coefficient (Wildman–Crippen LogP) is 1.39. The Kier molecular flexibility index (Phi) is 7.75. The molecule has 128 valence electrons. The molecule has 1 amide bonds. The van der Waals surface area contributed by atoms with Crippen LogP contribution in [0.4, 0.5) is 0 Å². The Balaban J connectivity index is 1.76. The van der Waals surface area contributed by atoms with Gasteiger partial charge in [-0.1, -0.05) is 34.1 Å². The van der Waals surface area contributed by atoms with Crippen LogP contribution in [0.25, 0.3) is 0 Å². The Labute approximate surface area is 150 Å². The summed E-state index contributed by atoms with van der Waals surface area (Å²) in [6, 6.07) is 9.73. The Hall–Kier alpha value is -1.88. The molecule has 24 heavy (non-hydrogen) atoms. The van der Waals surface area contributed by atoms with E-state index >= 15 is 0 Å². The van der Waals surface area contributed by atoms with Gasteiger partial charge in [0.25, 0.3) is 5.91 Å². The van der Waals surface area contributed by atoms with Crippen molar-refractivity contribution >= 4 is 21.8 Å². The lowest BCUT2D eigenvalue weighted by Crippen LogP contribution is -2.41. The molecule has 1 aromatic carbocycles. The first-order chi connectivity index (χ1) is 11.7. The number of amides is 1. The van der Waals surface area contributed by atoms with Gasteiger partial charge < -0.3 is 15.4 Å². The molecule has 0 bridgehead atoms. The van der Waals surface area contributed by atoms with Crippen LogP contribution in [0.2, 0.25) is 0 Å². The van der Waals surface area contributed by atoms with E-state index in [1.807, 2.05) is 30.3 Å². The topological polar surface area (TPSA) is 77.4 Å². The van der Waals surface area contributed by atoms with Crippen molar-refractivity contribution in [2.24, 2.45) is 0 Å². The summed E-state index contributed by atoms with van der Waals surface area (Å²) in [6.07, 6.45) is 1.46. The zero-order valence-corrected chi connectivity index (χ0v) is 15.0. The van der Waals surface area contributed by atoms with Crippen molar-refractivity contribution in [3.63, 3.8) is 0 Å². The van der Waals surface area contributed by atoms with Crippen LogP contribution < -0.4 is 10.6 Å². The van der Waals surface area contributed by atoms with Crippen LogP contribution in [0.5, 0.6) is 0 Å². The lowest BCUT2D eigenvalue weighted by Gasteiger charge is -2.26. The van der Waals surface area contributed by atoms with Crippen molar-refractivity contribution < 1.29 is 9.53 Å². The van der Waals surface area contributed by atoms with Gasteiger partial charge >= 0.3 is 0 Å². The van der Waals surface area contributed by atoms with E-state index < -0.39 is 0 Å². The molecule has 0 aromatic heterocycles. The molecule has 6 nitrogen and oxygen atoms in total. The smallest absolute Gasteiger partial charge is 0.263 e. The first-order valence-electron chi connectivity index (χ1n) is 7.86. The first-order valence-corrected chi connectivity index (χ1v) is 8.65. The highest BCUT2D eigenvalue weighted by Gasteiger charge is 2.12. The quantitative estimate of drug-likeness (QED) is 0.541. The van der Waals surface area contributed by atoms with E-state index in [4.69, 9.17) is 10.00 Å². The number of rotatable bonds is 7. The number of nitriles is 1. The van der Waals surface area contributed by atoms with Crippen molar-refractivity contribution in [1.82, 2.24) is 15.5 Å². The lowest BCUT2D eigenvalue weighted by atomic mass is 10.2. The number of nitrogens with one attached hydrogen (secondary N) is 2. The van der Waals surface area contributed by atoms with Gasteiger partial charge in [-0.25, -0.2) is 0 Å². The average Bonchev–Trinajstić information content (AvgIpc) is 2.61. The van der Waals surface area contributed by atoms with Gasteiger partial charge in [-0.2, -0.15) is 5.26 Å². The van der Waals surface area contributed by atoms with E-state index in [-0.39, 0.29) is 11.5 Å². The normalized spacial score (nSPS) is 15.6. The third kappa shape index (κ3) is 5.96. The van der Waals surface area contributed by atoms with Gasteiger partial charge in [0.15, 0.2) is 0 Å². The van der Waals surface area contributed by atoms with Crippen LogP contribution in [0.3, 0.4) is 0 Å². The van der Waals surface area contributed by atoms with Crippen molar-refractivity contribution in [2.45, 2.75) is 6.54 Å². The Morgan fingerprint density at radius 1 is 1.38 bits per heavy atom. The molecular formula is C17H21BrN4O2. The van der Waals surface area contributed by atoms with Gasteiger partial charge in [0.05, 0.1) is 13.2 Å². The Morgan fingerprint density at radius 2 is 2.12 bits per heavy atom. The molecule has 1 heterocycles. The molecule has 0 aliphatic carbocycles. The van der Waals surface area contributed by atoms with E-state index in [1.165, 1.54) is 6.20 Å². The molecule has 0 saturated carbocycles. The van der Waals surface area contributed by atoms with Crippen LogP contribution in [0.1, 0.15) is 5.56 Å². The standard InChI is InChI=1S/C17H21BrN4O2/c18-16-4-2-1-3-14(16)12-20-13-15(11-19)17(23)21-5-6-22-7-9-24-10-8-22/h1-4,13,20H,5-10,12H2,(H,21,23)/b15-13-. The van der Waals surface area contributed by atoms with E-state index in [2.05, 4.69) is 31.5 Å². The summed E-state index contributed by atoms with van der Waals surface area (Å²) in [4.78, 5) is 14.3. The molecule has 7 heteroatoms. The minimum absolute atomic E-state index is 0.0732. The molecule has 0 radical (unpaired) electrons. The van der Waals surface area contributed by atoms with Crippen LogP contribution in [-0.4, -0.2) is 50.2 Å². The van der Waals surface area contributed by atoms with Crippen molar-refractivity contribution in [3.8, 4) is 6.07 Å². The number of nitrogens with zero attached hydrogens (tertiary/aromatic N) is 2. The highest BCUT2D eigenvalue weighted by Crippen LogP contribution is 2.15. The molecule has 1 aliphatic heterocycles. The summed E-state index contributed by atoms with van der Waals surface area (Å²) in [5.41, 5.74) is 1.13. The van der Waals surface area contributed by atoms with Gasteiger partial charge in [0.2, 0.25) is 0 Å². The van der Waals surface area contributed by atoms with E-state index in [1.54, 1.807) is 0 Å². The molecule has 0 atom stereocenters. The molecule has 0 unspecified atom stereocenters. The van der Waals surface area contributed by atoms with Crippen molar-refractivity contribution in [2.75, 3.05) is 39.4 Å². The molecule has 2 rings (SSSR count). The number of ether oxygens (including phenoxy) is 1. The van der Waals surface area contributed by atoms with Gasteiger partial charge in [0.1, 0.15) is 11.6 Å². The summed E-state index contributed by atoms with van der Waals surface area (Å²) < 4.78 is 6.26. The highest BCUT2D eigenvalue weighted by atomic mass is 79.9. The largest absolute Gasteiger partial charge is 0.386 e. The van der Waals surface area contributed by atoms with Gasteiger partial charge in [0, 0.05) is 43.4 Å². The third-order valence-corrected chi connectivity index (χ3v) is 4.45. The average molecular weight is 393 g/mol. The molecular weight excluding hydrogens is 372 g/mol. The van der Waals surface area contributed by atoms with Gasteiger partial charge in [-0.15, -0.1) is 0 Å². The molecule has 1 saturated heterocycles. The SMILES string of the molecule is N#C/C(=C/NCc1ccccc1Br)C(=O)NCCN1CCOCC1. The summed E-state index contributed by atoms with van der Waals surface area (Å²) >= 11 is 3.46. The fraction of sp³-hybridized carbons (Fsp3) is 0.412. The van der Waals surface area contributed by atoms with Crippen LogP contribution in [-0.2, 0) is 16.1 Å². The second-order valence-corrected chi connectivity index (χ2v) is 6.21. The van der Waals surface area contributed by atoms with E-state index in [9.17, 15) is 4.79 Å². The molecule has 2 N–H and O–H groups in total. The summed E-state index contributed by atoms with van der Waals surface area (Å²) in [6.45, 7) is 5.04. The van der Waals surface area contributed by atoms with Crippen molar-refractivity contribution in [1.29, 1.82) is 5.26 Å². The van der Waals surface area contributed by atoms with Crippen LogP contribution in [0, 0.1) is 11.3 Å². The molecule has 1 aliphatic rings. The molecule has 1 fully saturated rings. The fourth-order valence-corrected chi connectivity index (χ4v) is 2.73. The van der Waals surface area contributed by atoms with Crippen LogP contribution in [0.15, 0.2) is 40.5 Å². The fourth-order valence-electron chi connectivity index (χ4n) is 2.30. The highest BCUT2D eigenvalue weighted by molar-refractivity contribution is 9.10. The Bertz CT molecular complexity index is 621. The maximum atomic E-state index is 12.0. The van der Waals surface area contributed by atoms with Gasteiger partial charge in [-0.3, -0.25) is 9.69 Å². The Morgan fingerprint density at radius 3 is 2.83 bits per heavy atom. The minimum Gasteiger partial charge on any atom is -0.386 e. The second kappa shape index (κ2) is 10.1. The van der Waals surface area contributed by atoms with Gasteiger partial charge in [-0.05, 0) is 11.6 Å².